The molecule has 0 spiro atoms. The highest BCUT2D eigenvalue weighted by Gasteiger charge is 2.44. The molecular weight excluding hydrogens is 200 g/mol. The molecule has 2 aliphatic rings. The molecule has 0 amide bonds. The highest BCUT2D eigenvalue weighted by atomic mass is 16.5. The van der Waals surface area contributed by atoms with Gasteiger partial charge >= 0.3 is 0 Å². The summed E-state index contributed by atoms with van der Waals surface area (Å²) in [6.45, 7) is 0. The quantitative estimate of drug-likeness (QED) is 0.840. The molecule has 2 saturated carbocycles. The minimum Gasteiger partial charge on any atom is -0.385 e. The first-order valence-electron chi connectivity index (χ1n) is 6.03. The van der Waals surface area contributed by atoms with Gasteiger partial charge in [0.15, 0.2) is 0 Å². The summed E-state index contributed by atoms with van der Waals surface area (Å²) in [6.07, 6.45) is 5.18. The predicted molar refractivity (Wildman–Crippen MR) is 62.3 cm³/mol. The van der Waals surface area contributed by atoms with Crippen LogP contribution in [0, 0.1) is 0 Å². The summed E-state index contributed by atoms with van der Waals surface area (Å²) in [6, 6.07) is 8.39. The van der Waals surface area contributed by atoms with Crippen LogP contribution in [0.15, 0.2) is 24.3 Å². The first-order valence-corrected chi connectivity index (χ1v) is 6.03. The van der Waals surface area contributed by atoms with Crippen LogP contribution in [0.4, 0.5) is 0 Å². The summed E-state index contributed by atoms with van der Waals surface area (Å²) >= 11 is 0. The zero-order valence-corrected chi connectivity index (χ0v) is 9.70. The lowest BCUT2D eigenvalue weighted by atomic mass is 10.0. The van der Waals surface area contributed by atoms with Crippen LogP contribution in [0.5, 0.6) is 0 Å². The van der Waals surface area contributed by atoms with Gasteiger partial charge in [-0.1, -0.05) is 24.3 Å². The minimum atomic E-state index is -0.503. The fourth-order valence-electron chi connectivity index (χ4n) is 2.30. The number of hydrogen-bond acceptors (Lipinski definition) is 2. The molecule has 2 nitrogen and oxygen atoms in total. The first-order chi connectivity index (χ1) is 7.66. The van der Waals surface area contributed by atoms with Crippen molar-refractivity contribution in [3.63, 3.8) is 0 Å². The topological polar surface area (TPSA) is 29.5 Å². The van der Waals surface area contributed by atoms with Gasteiger partial charge in [0, 0.05) is 13.5 Å². The lowest BCUT2D eigenvalue weighted by Crippen LogP contribution is -2.15. The summed E-state index contributed by atoms with van der Waals surface area (Å²) in [5, 5.41) is 9.96. The van der Waals surface area contributed by atoms with Crippen LogP contribution in [0.2, 0.25) is 0 Å². The molecule has 2 heteroatoms. The Balaban J connectivity index is 1.73. The van der Waals surface area contributed by atoms with Crippen LogP contribution in [-0.2, 0) is 16.8 Å². The summed E-state index contributed by atoms with van der Waals surface area (Å²) in [7, 11) is 1.80. The maximum absolute atomic E-state index is 9.96. The van der Waals surface area contributed by atoms with Gasteiger partial charge in [-0.15, -0.1) is 0 Å². The van der Waals surface area contributed by atoms with Crippen molar-refractivity contribution in [3.8, 4) is 0 Å². The molecule has 0 radical (unpaired) electrons. The van der Waals surface area contributed by atoms with E-state index in [4.69, 9.17) is 4.74 Å². The molecule has 0 aromatic heterocycles. The van der Waals surface area contributed by atoms with E-state index in [0.29, 0.717) is 0 Å². The van der Waals surface area contributed by atoms with Crippen LogP contribution in [0.1, 0.15) is 36.8 Å². The Morgan fingerprint density at radius 3 is 2.19 bits per heavy atom. The molecule has 86 valence electrons. The van der Waals surface area contributed by atoms with Crippen molar-refractivity contribution in [2.24, 2.45) is 0 Å². The highest BCUT2D eigenvalue weighted by Crippen LogP contribution is 2.46. The van der Waals surface area contributed by atoms with Crippen molar-refractivity contribution in [3.05, 3.63) is 35.4 Å². The van der Waals surface area contributed by atoms with Gasteiger partial charge in [-0.3, -0.25) is 0 Å². The van der Waals surface area contributed by atoms with E-state index in [-0.39, 0.29) is 5.60 Å². The molecule has 2 aliphatic carbocycles. The molecule has 0 unspecified atom stereocenters. The SMILES string of the molecule is COC1(Cc2ccc(C3(O)CC3)cc2)CC1. The third-order valence-electron chi connectivity index (χ3n) is 3.98. The normalized spacial score (nSPS) is 24.1. The maximum Gasteiger partial charge on any atom is 0.0899 e. The second kappa shape index (κ2) is 3.31. The Bertz CT molecular complexity index is 386. The lowest BCUT2D eigenvalue weighted by molar-refractivity contribution is 0.0807. The number of hydrogen-bond donors (Lipinski definition) is 1. The molecule has 0 saturated heterocycles. The highest BCUT2D eigenvalue weighted by molar-refractivity contribution is 5.31. The Labute approximate surface area is 96.2 Å². The Kier molecular flexibility index (Phi) is 2.13. The van der Waals surface area contributed by atoms with Crippen LogP contribution >= 0.6 is 0 Å². The summed E-state index contributed by atoms with van der Waals surface area (Å²) in [5.41, 5.74) is 2.00. The number of aliphatic hydroxyl groups is 1. The summed E-state index contributed by atoms with van der Waals surface area (Å²) in [5.74, 6) is 0. The van der Waals surface area contributed by atoms with Crippen molar-refractivity contribution in [2.45, 2.75) is 43.3 Å². The van der Waals surface area contributed by atoms with Crippen LogP contribution < -0.4 is 0 Å². The van der Waals surface area contributed by atoms with Crippen molar-refractivity contribution in [2.75, 3.05) is 7.11 Å². The van der Waals surface area contributed by atoms with Crippen molar-refractivity contribution in [1.82, 2.24) is 0 Å². The zero-order valence-electron chi connectivity index (χ0n) is 9.70. The van der Waals surface area contributed by atoms with E-state index in [2.05, 4.69) is 24.3 Å². The fourth-order valence-corrected chi connectivity index (χ4v) is 2.30. The number of benzene rings is 1. The molecule has 2 fully saturated rings. The molecule has 0 aliphatic heterocycles. The van der Waals surface area contributed by atoms with Gasteiger partial charge in [-0.2, -0.15) is 0 Å². The molecule has 0 bridgehead atoms. The summed E-state index contributed by atoms with van der Waals surface area (Å²) < 4.78 is 5.51. The Morgan fingerprint density at radius 1 is 1.12 bits per heavy atom. The molecule has 1 N–H and O–H groups in total. The lowest BCUT2D eigenvalue weighted by Gasteiger charge is -2.14. The van der Waals surface area contributed by atoms with E-state index in [0.717, 1.165) is 24.8 Å². The molecule has 3 rings (SSSR count). The van der Waals surface area contributed by atoms with Crippen LogP contribution in [0.3, 0.4) is 0 Å². The van der Waals surface area contributed by atoms with Gasteiger partial charge in [0.2, 0.25) is 0 Å². The van der Waals surface area contributed by atoms with Gasteiger partial charge in [-0.05, 0) is 36.8 Å². The van der Waals surface area contributed by atoms with Crippen molar-refractivity contribution < 1.29 is 9.84 Å². The average Bonchev–Trinajstić information content (AvgIpc) is 3.20. The second-order valence-electron chi connectivity index (χ2n) is 5.29. The maximum atomic E-state index is 9.96. The van der Waals surface area contributed by atoms with E-state index >= 15 is 0 Å². The number of ether oxygens (including phenoxy) is 1. The van der Waals surface area contributed by atoms with Gasteiger partial charge in [0.05, 0.1) is 11.2 Å². The third-order valence-corrected chi connectivity index (χ3v) is 3.98. The molecule has 16 heavy (non-hydrogen) atoms. The fraction of sp³-hybridized carbons (Fsp3) is 0.571. The number of methoxy groups -OCH3 is 1. The molecule has 0 heterocycles. The molecule has 1 aromatic carbocycles. The Morgan fingerprint density at radius 2 is 1.75 bits per heavy atom. The van der Waals surface area contributed by atoms with Crippen molar-refractivity contribution >= 4 is 0 Å². The standard InChI is InChI=1S/C14H18O2/c1-16-13(6-7-13)10-11-2-4-12(5-3-11)14(15)8-9-14/h2-5,15H,6-10H2,1H3. The molecular formula is C14H18O2. The predicted octanol–water partition coefficient (Wildman–Crippen LogP) is 2.39. The van der Waals surface area contributed by atoms with Gasteiger partial charge in [0.25, 0.3) is 0 Å². The van der Waals surface area contributed by atoms with Crippen molar-refractivity contribution in [1.29, 1.82) is 0 Å². The van der Waals surface area contributed by atoms with E-state index < -0.39 is 5.60 Å². The van der Waals surface area contributed by atoms with E-state index in [1.54, 1.807) is 7.11 Å². The second-order valence-corrected chi connectivity index (χ2v) is 5.29. The van der Waals surface area contributed by atoms with Gasteiger partial charge in [0.1, 0.15) is 0 Å². The average molecular weight is 218 g/mol. The summed E-state index contributed by atoms with van der Waals surface area (Å²) in [4.78, 5) is 0. The first kappa shape index (κ1) is 10.3. The third kappa shape index (κ3) is 1.76. The zero-order chi connectivity index (χ0) is 11.2. The van der Waals surface area contributed by atoms with E-state index in [9.17, 15) is 5.11 Å². The molecule has 1 aromatic rings. The molecule has 0 atom stereocenters. The van der Waals surface area contributed by atoms with Gasteiger partial charge in [-0.25, -0.2) is 0 Å². The van der Waals surface area contributed by atoms with E-state index in [1.165, 1.54) is 18.4 Å². The van der Waals surface area contributed by atoms with E-state index in [1.807, 2.05) is 0 Å². The Hall–Kier alpha value is -0.860. The van der Waals surface area contributed by atoms with Crippen LogP contribution in [-0.4, -0.2) is 17.8 Å². The van der Waals surface area contributed by atoms with Gasteiger partial charge < -0.3 is 9.84 Å². The van der Waals surface area contributed by atoms with Crippen LogP contribution in [0.25, 0.3) is 0 Å². The smallest absolute Gasteiger partial charge is 0.0899 e. The number of rotatable bonds is 4. The largest absolute Gasteiger partial charge is 0.385 e. The minimum absolute atomic E-state index is 0.123. The monoisotopic (exact) mass is 218 g/mol.